The molecule has 0 unspecified atom stereocenters. The number of hydrogen-bond donors (Lipinski definition) is 1. The highest BCUT2D eigenvalue weighted by atomic mass is 32.2. The summed E-state index contributed by atoms with van der Waals surface area (Å²) >= 11 is 0. The zero-order valence-corrected chi connectivity index (χ0v) is 19.1. The van der Waals surface area contributed by atoms with Gasteiger partial charge in [0.2, 0.25) is 0 Å². The van der Waals surface area contributed by atoms with Gasteiger partial charge in [-0.2, -0.15) is 5.10 Å². The monoisotopic (exact) mass is 431 g/mol. The number of carbonyl (C=O) groups excluding carboxylic acids is 1. The number of nitrogens with one attached hydrogen (secondary N) is 1. The fraction of sp³-hybridized carbons (Fsp3) is 0.364. The van der Waals surface area contributed by atoms with Crippen molar-refractivity contribution in [2.24, 2.45) is 10.5 Å². The molecule has 0 heterocycles. The Morgan fingerprint density at radius 3 is 2.13 bits per heavy atom. The van der Waals surface area contributed by atoms with Gasteiger partial charge in [0, 0.05) is 11.1 Å². The number of hydrazone groups is 1. The second-order valence-electron chi connectivity index (χ2n) is 8.00. The Hall–Kier alpha value is -2.87. The van der Waals surface area contributed by atoms with E-state index in [0.717, 1.165) is 15.6 Å². The third-order valence-electron chi connectivity index (χ3n) is 4.69. The maximum Gasteiger partial charge on any atom is 0.264 e. The van der Waals surface area contributed by atoms with Gasteiger partial charge in [-0.05, 0) is 50.2 Å². The summed E-state index contributed by atoms with van der Waals surface area (Å²) in [5.74, 6) is 0.0476. The molecule has 0 atom stereocenters. The van der Waals surface area contributed by atoms with E-state index in [1.54, 1.807) is 36.4 Å². The largest absolute Gasteiger partial charge is 0.497 e. The molecule has 1 amide bonds. The molecule has 162 valence electrons. The van der Waals surface area contributed by atoms with Crippen LogP contribution in [0.5, 0.6) is 5.75 Å². The highest BCUT2D eigenvalue weighted by molar-refractivity contribution is 7.92. The molecule has 0 radical (unpaired) electrons. The lowest BCUT2D eigenvalue weighted by Gasteiger charge is -2.24. The fourth-order valence-electron chi connectivity index (χ4n) is 2.38. The molecule has 1 N–H and O–H groups in total. The second-order valence-corrected chi connectivity index (χ2v) is 9.87. The van der Waals surface area contributed by atoms with Crippen LogP contribution in [0.1, 0.15) is 33.3 Å². The number of sulfonamides is 1. The maximum atomic E-state index is 13.3. The number of rotatable bonds is 7. The van der Waals surface area contributed by atoms with Crippen LogP contribution in [-0.4, -0.2) is 33.7 Å². The number of methoxy groups -OCH3 is 1. The molecule has 0 saturated heterocycles. The molecule has 0 spiro atoms. The number of ether oxygens (including phenoxy) is 1. The minimum atomic E-state index is -3.97. The van der Waals surface area contributed by atoms with Gasteiger partial charge in [0.15, 0.2) is 0 Å². The summed E-state index contributed by atoms with van der Waals surface area (Å²) < 4.78 is 32.8. The topological polar surface area (TPSA) is 88.1 Å². The fourth-order valence-corrected chi connectivity index (χ4v) is 3.80. The molecule has 8 heteroatoms. The van der Waals surface area contributed by atoms with Crippen molar-refractivity contribution in [3.05, 3.63) is 54.1 Å². The van der Waals surface area contributed by atoms with E-state index in [2.05, 4.69) is 10.5 Å². The normalized spacial score (nSPS) is 12.4. The van der Waals surface area contributed by atoms with Gasteiger partial charge >= 0.3 is 0 Å². The van der Waals surface area contributed by atoms with E-state index in [1.807, 2.05) is 34.6 Å². The van der Waals surface area contributed by atoms with Crippen LogP contribution in [0.15, 0.2) is 58.5 Å². The molecule has 2 aromatic carbocycles. The highest BCUT2D eigenvalue weighted by Crippen LogP contribution is 2.26. The van der Waals surface area contributed by atoms with Gasteiger partial charge in [0.1, 0.15) is 12.3 Å². The van der Waals surface area contributed by atoms with Gasteiger partial charge in [0.25, 0.3) is 15.9 Å². The van der Waals surface area contributed by atoms with E-state index in [4.69, 9.17) is 4.74 Å². The summed E-state index contributed by atoms with van der Waals surface area (Å²) in [5.41, 5.74) is 4.27. The molecule has 2 rings (SSSR count). The summed E-state index contributed by atoms with van der Waals surface area (Å²) in [6.45, 7) is 9.20. The van der Waals surface area contributed by atoms with Gasteiger partial charge < -0.3 is 4.74 Å². The van der Waals surface area contributed by atoms with E-state index in [0.29, 0.717) is 11.4 Å². The van der Waals surface area contributed by atoms with E-state index < -0.39 is 22.5 Å². The number of aryl methyl sites for hydroxylation is 1. The molecule has 0 aromatic heterocycles. The highest BCUT2D eigenvalue weighted by Gasteiger charge is 2.27. The number of nitrogens with zero attached hydrogens (tertiary/aromatic N) is 2. The lowest BCUT2D eigenvalue weighted by molar-refractivity contribution is -0.119. The molecule has 2 aromatic rings. The lowest BCUT2D eigenvalue weighted by Crippen LogP contribution is -2.40. The van der Waals surface area contributed by atoms with Crippen LogP contribution in [-0.2, 0) is 14.8 Å². The van der Waals surface area contributed by atoms with E-state index in [-0.39, 0.29) is 10.3 Å². The van der Waals surface area contributed by atoms with Crippen molar-refractivity contribution in [2.45, 2.75) is 39.5 Å². The van der Waals surface area contributed by atoms with Crippen molar-refractivity contribution in [1.82, 2.24) is 5.43 Å². The third kappa shape index (κ3) is 5.82. The van der Waals surface area contributed by atoms with Gasteiger partial charge in [0.05, 0.1) is 17.7 Å². The molecule has 0 aliphatic heterocycles. The molecule has 7 nitrogen and oxygen atoms in total. The van der Waals surface area contributed by atoms with Crippen LogP contribution in [0.3, 0.4) is 0 Å². The van der Waals surface area contributed by atoms with Crippen LogP contribution in [0.25, 0.3) is 0 Å². The van der Waals surface area contributed by atoms with Crippen LogP contribution in [0.2, 0.25) is 0 Å². The molecule has 0 aliphatic rings. The predicted molar refractivity (Wildman–Crippen MR) is 119 cm³/mol. The Morgan fingerprint density at radius 1 is 1.07 bits per heavy atom. The first-order chi connectivity index (χ1) is 13.9. The number of anilines is 1. The van der Waals surface area contributed by atoms with Crippen molar-refractivity contribution in [3.8, 4) is 5.75 Å². The first kappa shape index (κ1) is 23.4. The molecule has 0 saturated carbocycles. The minimum Gasteiger partial charge on any atom is -0.497 e. The Morgan fingerprint density at radius 2 is 1.63 bits per heavy atom. The van der Waals surface area contributed by atoms with Crippen molar-refractivity contribution in [1.29, 1.82) is 0 Å². The maximum absolute atomic E-state index is 13.3. The van der Waals surface area contributed by atoms with Crippen molar-refractivity contribution < 1.29 is 17.9 Å². The Balaban J connectivity index is 2.38. The molecule has 0 bridgehead atoms. The van der Waals surface area contributed by atoms with Crippen LogP contribution >= 0.6 is 0 Å². The standard InChI is InChI=1S/C22H29N3O4S/c1-16-7-13-20(14-8-16)30(27,28)25(18-9-11-19(29-6)12-10-18)15-21(26)24-23-17(2)22(3,4)5/h7-14H,15H2,1-6H3,(H,24,26)/b23-17-. The third-order valence-corrected chi connectivity index (χ3v) is 6.48. The van der Waals surface area contributed by atoms with Gasteiger partial charge in [-0.3, -0.25) is 9.10 Å². The van der Waals surface area contributed by atoms with Crippen LogP contribution in [0.4, 0.5) is 5.69 Å². The molecular weight excluding hydrogens is 402 g/mol. The Kier molecular flexibility index (Phi) is 7.25. The molecule has 0 fully saturated rings. The van der Waals surface area contributed by atoms with Gasteiger partial charge in [-0.15, -0.1) is 0 Å². The summed E-state index contributed by atoms with van der Waals surface area (Å²) in [5, 5.41) is 4.11. The molecule has 30 heavy (non-hydrogen) atoms. The number of hydrogen-bond acceptors (Lipinski definition) is 5. The number of carbonyl (C=O) groups is 1. The molecular formula is C22H29N3O4S. The molecule has 0 aliphatic carbocycles. The van der Waals surface area contributed by atoms with Crippen molar-refractivity contribution in [3.63, 3.8) is 0 Å². The Bertz CT molecular complexity index is 1010. The van der Waals surface area contributed by atoms with Crippen LogP contribution < -0.4 is 14.5 Å². The smallest absolute Gasteiger partial charge is 0.264 e. The van der Waals surface area contributed by atoms with E-state index >= 15 is 0 Å². The number of amides is 1. The zero-order chi connectivity index (χ0) is 22.5. The first-order valence-electron chi connectivity index (χ1n) is 9.52. The predicted octanol–water partition coefficient (Wildman–Crippen LogP) is 3.74. The second kappa shape index (κ2) is 9.30. The zero-order valence-electron chi connectivity index (χ0n) is 18.3. The van der Waals surface area contributed by atoms with Gasteiger partial charge in [-0.1, -0.05) is 38.5 Å². The quantitative estimate of drug-likeness (QED) is 0.534. The van der Waals surface area contributed by atoms with E-state index in [9.17, 15) is 13.2 Å². The summed E-state index contributed by atoms with van der Waals surface area (Å²) in [6, 6.07) is 13.0. The van der Waals surface area contributed by atoms with E-state index in [1.165, 1.54) is 19.2 Å². The van der Waals surface area contributed by atoms with Crippen molar-refractivity contribution >= 4 is 27.3 Å². The average molecular weight is 432 g/mol. The summed E-state index contributed by atoms with van der Waals surface area (Å²) in [4.78, 5) is 12.7. The van der Waals surface area contributed by atoms with Gasteiger partial charge in [-0.25, -0.2) is 13.8 Å². The number of benzene rings is 2. The average Bonchev–Trinajstić information content (AvgIpc) is 2.69. The SMILES string of the molecule is COc1ccc(N(CC(=O)N/N=C(/C)C(C)(C)C)S(=O)(=O)c2ccc(C)cc2)cc1. The minimum absolute atomic E-state index is 0.103. The summed E-state index contributed by atoms with van der Waals surface area (Å²) in [6.07, 6.45) is 0. The Labute approximate surface area is 178 Å². The van der Waals surface area contributed by atoms with Crippen molar-refractivity contribution in [2.75, 3.05) is 18.0 Å². The summed E-state index contributed by atoms with van der Waals surface area (Å²) in [7, 11) is -2.44. The first-order valence-corrected chi connectivity index (χ1v) is 11.0. The van der Waals surface area contributed by atoms with Crippen LogP contribution in [0, 0.1) is 12.3 Å². The lowest BCUT2D eigenvalue weighted by atomic mass is 9.91.